The van der Waals surface area contributed by atoms with Crippen LogP contribution >= 0.6 is 0 Å². The molecular formula is C14H20N2O. The first-order valence-corrected chi connectivity index (χ1v) is 6.34. The van der Waals surface area contributed by atoms with E-state index < -0.39 is 0 Å². The van der Waals surface area contributed by atoms with Crippen LogP contribution in [-0.4, -0.2) is 23.2 Å². The molecular weight excluding hydrogens is 212 g/mol. The third-order valence-corrected chi connectivity index (χ3v) is 3.00. The van der Waals surface area contributed by atoms with Crippen LogP contribution in [0.15, 0.2) is 24.3 Å². The van der Waals surface area contributed by atoms with E-state index in [0.717, 1.165) is 49.4 Å². The Hall–Kier alpha value is -1.35. The number of aryl methyl sites for hydroxylation is 1. The van der Waals surface area contributed by atoms with Gasteiger partial charge in [-0.25, -0.2) is 4.98 Å². The molecule has 0 atom stereocenters. The molecule has 0 unspecified atom stereocenters. The lowest BCUT2D eigenvalue weighted by Crippen LogP contribution is -2.28. The number of pyridine rings is 1. The molecule has 0 aliphatic carbocycles. The molecule has 2 rings (SSSR count). The van der Waals surface area contributed by atoms with Crippen molar-refractivity contribution in [2.45, 2.75) is 32.8 Å². The number of aliphatic hydroxyl groups is 1. The van der Waals surface area contributed by atoms with E-state index in [0.29, 0.717) is 0 Å². The number of nitrogens with zero attached hydrogens (tertiary/aromatic N) is 2. The fourth-order valence-electron chi connectivity index (χ4n) is 2.12. The highest BCUT2D eigenvalue weighted by Gasteiger charge is 2.10. The zero-order chi connectivity index (χ0) is 12.1. The van der Waals surface area contributed by atoms with Crippen molar-refractivity contribution in [2.24, 2.45) is 0 Å². The molecule has 0 aromatic carbocycles. The summed E-state index contributed by atoms with van der Waals surface area (Å²) in [5.74, 6) is 1.00. The first-order valence-electron chi connectivity index (χ1n) is 6.34. The largest absolute Gasteiger partial charge is 0.392 e. The highest BCUT2D eigenvalue weighted by Crippen LogP contribution is 2.18. The predicted octanol–water partition coefficient (Wildman–Crippen LogP) is 2.29. The van der Waals surface area contributed by atoms with Gasteiger partial charge in [-0.15, -0.1) is 0 Å². The standard InChI is InChI=1S/C14H20N2O/c1-2-6-13-9-12(11-17)10-14(15-13)16-7-4-3-5-8-16/h3-4,9-10,17H,2,5-8,11H2,1H3. The second-order valence-electron chi connectivity index (χ2n) is 4.44. The Labute approximate surface area is 103 Å². The van der Waals surface area contributed by atoms with Crippen molar-refractivity contribution in [3.63, 3.8) is 0 Å². The van der Waals surface area contributed by atoms with Crippen LogP contribution in [0.1, 0.15) is 31.0 Å². The summed E-state index contributed by atoms with van der Waals surface area (Å²) in [6, 6.07) is 4.01. The second-order valence-corrected chi connectivity index (χ2v) is 4.44. The molecule has 3 nitrogen and oxygen atoms in total. The molecule has 0 spiro atoms. The van der Waals surface area contributed by atoms with Crippen LogP contribution in [-0.2, 0) is 13.0 Å². The summed E-state index contributed by atoms with van der Waals surface area (Å²) in [6.45, 7) is 4.18. The molecule has 0 saturated carbocycles. The van der Waals surface area contributed by atoms with Crippen LogP contribution in [0.25, 0.3) is 0 Å². The molecule has 1 aromatic heterocycles. The molecule has 0 radical (unpaired) electrons. The van der Waals surface area contributed by atoms with Crippen molar-refractivity contribution in [3.8, 4) is 0 Å². The number of aliphatic hydroxyl groups excluding tert-OH is 1. The van der Waals surface area contributed by atoms with Crippen LogP contribution in [0.2, 0.25) is 0 Å². The first kappa shape index (κ1) is 12.1. The van der Waals surface area contributed by atoms with Crippen LogP contribution < -0.4 is 4.90 Å². The highest BCUT2D eigenvalue weighted by atomic mass is 16.3. The van der Waals surface area contributed by atoms with Crippen molar-refractivity contribution in [3.05, 3.63) is 35.5 Å². The minimum absolute atomic E-state index is 0.0932. The number of hydrogen-bond acceptors (Lipinski definition) is 3. The number of rotatable bonds is 4. The fourth-order valence-corrected chi connectivity index (χ4v) is 2.12. The zero-order valence-corrected chi connectivity index (χ0v) is 10.4. The van der Waals surface area contributed by atoms with E-state index in [4.69, 9.17) is 0 Å². The fraction of sp³-hybridized carbons (Fsp3) is 0.500. The van der Waals surface area contributed by atoms with E-state index >= 15 is 0 Å². The van der Waals surface area contributed by atoms with Gasteiger partial charge in [0.25, 0.3) is 0 Å². The monoisotopic (exact) mass is 232 g/mol. The maximum atomic E-state index is 9.29. The van der Waals surface area contributed by atoms with Gasteiger partial charge < -0.3 is 10.0 Å². The Morgan fingerprint density at radius 3 is 2.88 bits per heavy atom. The van der Waals surface area contributed by atoms with Crippen LogP contribution in [0, 0.1) is 0 Å². The van der Waals surface area contributed by atoms with Crippen molar-refractivity contribution in [1.82, 2.24) is 4.98 Å². The quantitative estimate of drug-likeness (QED) is 0.809. The molecule has 1 aromatic rings. The summed E-state index contributed by atoms with van der Waals surface area (Å²) < 4.78 is 0. The summed E-state index contributed by atoms with van der Waals surface area (Å²) in [6.07, 6.45) is 7.52. The molecule has 1 N–H and O–H groups in total. The van der Waals surface area contributed by atoms with Gasteiger partial charge in [-0.3, -0.25) is 0 Å². The van der Waals surface area contributed by atoms with Gasteiger partial charge in [0.15, 0.2) is 0 Å². The third-order valence-electron chi connectivity index (χ3n) is 3.00. The normalized spacial score (nSPS) is 15.3. The summed E-state index contributed by atoms with van der Waals surface area (Å²) in [4.78, 5) is 6.94. The first-order chi connectivity index (χ1) is 8.33. The van der Waals surface area contributed by atoms with E-state index in [9.17, 15) is 5.11 Å². The van der Waals surface area contributed by atoms with E-state index in [2.05, 4.69) is 29.0 Å². The molecule has 0 fully saturated rings. The minimum atomic E-state index is 0.0932. The SMILES string of the molecule is CCCc1cc(CO)cc(N2CC=CCC2)n1. The lowest BCUT2D eigenvalue weighted by Gasteiger charge is -2.25. The Morgan fingerprint density at radius 2 is 2.24 bits per heavy atom. The van der Waals surface area contributed by atoms with E-state index in [1.54, 1.807) is 0 Å². The highest BCUT2D eigenvalue weighted by molar-refractivity contribution is 5.44. The Bertz CT molecular complexity index is 401. The van der Waals surface area contributed by atoms with Crippen LogP contribution in [0.4, 0.5) is 5.82 Å². The smallest absolute Gasteiger partial charge is 0.129 e. The maximum absolute atomic E-state index is 9.29. The van der Waals surface area contributed by atoms with Gasteiger partial charge in [0.05, 0.1) is 6.61 Å². The third kappa shape index (κ3) is 3.07. The summed E-state index contributed by atoms with van der Waals surface area (Å²) in [7, 11) is 0. The molecule has 1 aliphatic rings. The molecule has 3 heteroatoms. The topological polar surface area (TPSA) is 36.4 Å². The molecule has 1 aliphatic heterocycles. The number of hydrogen-bond donors (Lipinski definition) is 1. The van der Waals surface area contributed by atoms with E-state index in [-0.39, 0.29) is 6.61 Å². The predicted molar refractivity (Wildman–Crippen MR) is 70.1 cm³/mol. The van der Waals surface area contributed by atoms with Crippen molar-refractivity contribution in [1.29, 1.82) is 0 Å². The maximum Gasteiger partial charge on any atom is 0.129 e. The van der Waals surface area contributed by atoms with Crippen molar-refractivity contribution < 1.29 is 5.11 Å². The molecule has 17 heavy (non-hydrogen) atoms. The Kier molecular flexibility index (Phi) is 4.15. The van der Waals surface area contributed by atoms with Crippen molar-refractivity contribution >= 4 is 5.82 Å². The summed E-state index contributed by atoms with van der Waals surface area (Å²) in [5, 5.41) is 9.29. The number of aromatic nitrogens is 1. The number of anilines is 1. The van der Waals surface area contributed by atoms with Crippen molar-refractivity contribution in [2.75, 3.05) is 18.0 Å². The zero-order valence-electron chi connectivity index (χ0n) is 10.4. The van der Waals surface area contributed by atoms with Gasteiger partial charge in [-0.05, 0) is 30.5 Å². The molecule has 92 valence electrons. The van der Waals surface area contributed by atoms with Gasteiger partial charge in [0.1, 0.15) is 5.82 Å². The lowest BCUT2D eigenvalue weighted by atomic mass is 10.1. The molecule has 0 saturated heterocycles. The molecule has 2 heterocycles. The lowest BCUT2D eigenvalue weighted by molar-refractivity contribution is 0.281. The van der Waals surface area contributed by atoms with Gasteiger partial charge in [0.2, 0.25) is 0 Å². The molecule has 0 amide bonds. The summed E-state index contributed by atoms with van der Waals surface area (Å²) >= 11 is 0. The Balaban J connectivity index is 2.25. The van der Waals surface area contributed by atoms with Gasteiger partial charge in [-0.1, -0.05) is 25.5 Å². The van der Waals surface area contributed by atoms with Gasteiger partial charge in [-0.2, -0.15) is 0 Å². The van der Waals surface area contributed by atoms with Crippen LogP contribution in [0.5, 0.6) is 0 Å². The van der Waals surface area contributed by atoms with Gasteiger partial charge >= 0.3 is 0 Å². The average Bonchev–Trinajstić information content (AvgIpc) is 2.40. The summed E-state index contributed by atoms with van der Waals surface area (Å²) in [5.41, 5.74) is 2.05. The molecule has 0 bridgehead atoms. The average molecular weight is 232 g/mol. The van der Waals surface area contributed by atoms with E-state index in [1.807, 2.05) is 12.1 Å². The minimum Gasteiger partial charge on any atom is -0.392 e. The van der Waals surface area contributed by atoms with Crippen LogP contribution in [0.3, 0.4) is 0 Å². The Morgan fingerprint density at radius 1 is 1.35 bits per heavy atom. The van der Waals surface area contributed by atoms with Gasteiger partial charge in [0, 0.05) is 18.8 Å². The second kappa shape index (κ2) is 5.82. The van der Waals surface area contributed by atoms with E-state index in [1.165, 1.54) is 0 Å².